The molecule has 3 rings (SSSR count). The van der Waals surface area contributed by atoms with Gasteiger partial charge in [0.15, 0.2) is 5.82 Å². The van der Waals surface area contributed by atoms with Gasteiger partial charge in [0.2, 0.25) is 5.89 Å². The third-order valence-corrected chi connectivity index (χ3v) is 4.21. The molecule has 0 bridgehead atoms. The molecular formula is C16H22ClFN4O. The summed E-state index contributed by atoms with van der Waals surface area (Å²) < 4.78 is 18.4. The summed E-state index contributed by atoms with van der Waals surface area (Å²) in [7, 11) is 2.07. The molecule has 5 nitrogen and oxygen atoms in total. The van der Waals surface area contributed by atoms with Gasteiger partial charge in [-0.05, 0) is 30.7 Å². The van der Waals surface area contributed by atoms with Gasteiger partial charge in [-0.2, -0.15) is 4.98 Å². The maximum absolute atomic E-state index is 13.0. The number of rotatable bonds is 4. The fraction of sp³-hybridized carbons (Fsp3) is 0.500. The average Bonchev–Trinajstić information content (AvgIpc) is 2.96. The summed E-state index contributed by atoms with van der Waals surface area (Å²) in [6.45, 7) is 4.87. The lowest BCUT2D eigenvalue weighted by atomic mass is 9.98. The molecule has 0 radical (unpaired) electrons. The highest BCUT2D eigenvalue weighted by Crippen LogP contribution is 2.22. The largest absolute Gasteiger partial charge is 0.339 e. The van der Waals surface area contributed by atoms with Crippen molar-refractivity contribution in [3.8, 4) is 0 Å². The van der Waals surface area contributed by atoms with Crippen LogP contribution in [0.3, 0.4) is 0 Å². The minimum Gasteiger partial charge on any atom is -0.339 e. The number of likely N-dealkylation sites (N-methyl/N-ethyl adjacent to an activating group) is 1. The van der Waals surface area contributed by atoms with Crippen LogP contribution in [0.25, 0.3) is 0 Å². The second-order valence-electron chi connectivity index (χ2n) is 5.90. The SMILES string of the molecule is CC(Cc1nc(C2CNCCN2C)no1)c1ccc(F)cc1.Cl. The zero-order valence-corrected chi connectivity index (χ0v) is 14.1. The van der Waals surface area contributed by atoms with Crippen molar-refractivity contribution in [2.24, 2.45) is 0 Å². The van der Waals surface area contributed by atoms with E-state index in [1.54, 1.807) is 12.1 Å². The molecule has 0 spiro atoms. The van der Waals surface area contributed by atoms with Gasteiger partial charge in [0, 0.05) is 26.1 Å². The lowest BCUT2D eigenvalue weighted by Gasteiger charge is -2.30. The van der Waals surface area contributed by atoms with Gasteiger partial charge in [0.25, 0.3) is 0 Å². The zero-order chi connectivity index (χ0) is 15.5. The second-order valence-corrected chi connectivity index (χ2v) is 5.90. The normalized spacial score (nSPS) is 20.0. The molecule has 1 fully saturated rings. The van der Waals surface area contributed by atoms with E-state index in [-0.39, 0.29) is 30.2 Å². The lowest BCUT2D eigenvalue weighted by molar-refractivity contribution is 0.190. The molecule has 23 heavy (non-hydrogen) atoms. The van der Waals surface area contributed by atoms with Crippen LogP contribution < -0.4 is 5.32 Å². The standard InChI is InChI=1S/C16H21FN4O.ClH/c1-11(12-3-5-13(17)6-4-12)9-15-19-16(20-22-15)14-10-18-7-8-21(14)2;/h3-6,11,14,18H,7-10H2,1-2H3;1H. The van der Waals surface area contributed by atoms with E-state index in [0.29, 0.717) is 12.3 Å². The molecule has 0 amide bonds. The third kappa shape index (κ3) is 4.28. The van der Waals surface area contributed by atoms with E-state index >= 15 is 0 Å². The molecule has 2 unspecified atom stereocenters. The van der Waals surface area contributed by atoms with Gasteiger partial charge >= 0.3 is 0 Å². The summed E-state index contributed by atoms with van der Waals surface area (Å²) in [5.74, 6) is 1.35. The number of hydrogen-bond acceptors (Lipinski definition) is 5. The fourth-order valence-corrected chi connectivity index (χ4v) is 2.75. The first-order chi connectivity index (χ1) is 10.6. The monoisotopic (exact) mass is 340 g/mol. The smallest absolute Gasteiger partial charge is 0.227 e. The molecule has 1 N–H and O–H groups in total. The van der Waals surface area contributed by atoms with Crippen LogP contribution in [0.4, 0.5) is 4.39 Å². The summed E-state index contributed by atoms with van der Waals surface area (Å²) in [5.41, 5.74) is 1.07. The quantitative estimate of drug-likeness (QED) is 0.927. The van der Waals surface area contributed by atoms with Crippen molar-refractivity contribution >= 4 is 12.4 Å². The Morgan fingerprint density at radius 2 is 2.13 bits per heavy atom. The van der Waals surface area contributed by atoms with Crippen molar-refractivity contribution in [1.82, 2.24) is 20.4 Å². The Labute approximate surface area is 141 Å². The maximum atomic E-state index is 13.0. The molecule has 0 aliphatic carbocycles. The first-order valence-electron chi connectivity index (χ1n) is 7.62. The van der Waals surface area contributed by atoms with Gasteiger partial charge in [0.05, 0.1) is 6.04 Å². The Balaban J connectivity index is 0.00000192. The zero-order valence-electron chi connectivity index (χ0n) is 13.3. The predicted molar refractivity (Wildman–Crippen MR) is 88.3 cm³/mol. The van der Waals surface area contributed by atoms with Crippen molar-refractivity contribution in [3.05, 3.63) is 47.4 Å². The molecule has 1 aliphatic heterocycles. The van der Waals surface area contributed by atoms with E-state index in [1.807, 2.05) is 0 Å². The molecule has 126 valence electrons. The molecule has 2 aromatic rings. The van der Waals surface area contributed by atoms with E-state index in [2.05, 4.69) is 34.3 Å². The van der Waals surface area contributed by atoms with Crippen LogP contribution in [0.5, 0.6) is 0 Å². The molecule has 2 heterocycles. The number of nitrogens with zero attached hydrogens (tertiary/aromatic N) is 3. The molecule has 1 aromatic heterocycles. The van der Waals surface area contributed by atoms with E-state index in [1.165, 1.54) is 12.1 Å². The highest BCUT2D eigenvalue weighted by molar-refractivity contribution is 5.85. The molecule has 0 saturated carbocycles. The number of aromatic nitrogens is 2. The Hall–Kier alpha value is -1.50. The Morgan fingerprint density at radius 3 is 2.83 bits per heavy atom. The number of halogens is 2. The van der Waals surface area contributed by atoms with Gasteiger partial charge in [-0.25, -0.2) is 4.39 Å². The van der Waals surface area contributed by atoms with E-state index in [0.717, 1.165) is 31.0 Å². The average molecular weight is 341 g/mol. The summed E-state index contributed by atoms with van der Waals surface area (Å²) >= 11 is 0. The molecule has 2 atom stereocenters. The molecule has 1 saturated heterocycles. The Kier molecular flexibility index (Phi) is 6.10. The van der Waals surface area contributed by atoms with Crippen molar-refractivity contribution in [2.45, 2.75) is 25.3 Å². The van der Waals surface area contributed by atoms with Gasteiger partial charge in [-0.3, -0.25) is 4.90 Å². The summed E-state index contributed by atoms with van der Waals surface area (Å²) in [6, 6.07) is 6.72. The number of benzene rings is 1. The molecule has 1 aromatic carbocycles. The van der Waals surface area contributed by atoms with Gasteiger partial charge in [0.1, 0.15) is 5.82 Å². The minimum absolute atomic E-state index is 0. The van der Waals surface area contributed by atoms with Crippen LogP contribution >= 0.6 is 12.4 Å². The van der Waals surface area contributed by atoms with Crippen LogP contribution in [0.15, 0.2) is 28.8 Å². The van der Waals surface area contributed by atoms with Crippen LogP contribution in [0.1, 0.15) is 36.2 Å². The van der Waals surface area contributed by atoms with Crippen molar-refractivity contribution in [1.29, 1.82) is 0 Å². The second kappa shape index (κ2) is 7.86. The van der Waals surface area contributed by atoms with Gasteiger partial charge in [-0.1, -0.05) is 24.2 Å². The van der Waals surface area contributed by atoms with E-state index in [9.17, 15) is 4.39 Å². The molecule has 7 heteroatoms. The van der Waals surface area contributed by atoms with E-state index in [4.69, 9.17) is 4.52 Å². The highest BCUT2D eigenvalue weighted by atomic mass is 35.5. The van der Waals surface area contributed by atoms with Gasteiger partial charge < -0.3 is 9.84 Å². The highest BCUT2D eigenvalue weighted by Gasteiger charge is 2.25. The van der Waals surface area contributed by atoms with Gasteiger partial charge in [-0.15, -0.1) is 12.4 Å². The first-order valence-corrected chi connectivity index (χ1v) is 7.62. The molecule has 1 aliphatic rings. The maximum Gasteiger partial charge on any atom is 0.227 e. The van der Waals surface area contributed by atoms with Crippen molar-refractivity contribution < 1.29 is 8.91 Å². The summed E-state index contributed by atoms with van der Waals surface area (Å²) in [4.78, 5) is 6.76. The Morgan fingerprint density at radius 1 is 1.39 bits per heavy atom. The summed E-state index contributed by atoms with van der Waals surface area (Å²) in [6.07, 6.45) is 0.655. The minimum atomic E-state index is -0.219. The third-order valence-electron chi connectivity index (χ3n) is 4.21. The number of piperazine rings is 1. The van der Waals surface area contributed by atoms with Crippen LogP contribution in [-0.4, -0.2) is 41.7 Å². The van der Waals surface area contributed by atoms with Crippen LogP contribution in [0, 0.1) is 5.82 Å². The van der Waals surface area contributed by atoms with Crippen LogP contribution in [0.2, 0.25) is 0 Å². The molecular weight excluding hydrogens is 319 g/mol. The van der Waals surface area contributed by atoms with Crippen molar-refractivity contribution in [2.75, 3.05) is 26.7 Å². The lowest BCUT2D eigenvalue weighted by Crippen LogP contribution is -2.44. The van der Waals surface area contributed by atoms with Crippen LogP contribution in [-0.2, 0) is 6.42 Å². The topological polar surface area (TPSA) is 54.2 Å². The fourth-order valence-electron chi connectivity index (χ4n) is 2.75. The first kappa shape index (κ1) is 17.8. The van der Waals surface area contributed by atoms with Crippen molar-refractivity contribution in [3.63, 3.8) is 0 Å². The number of hydrogen-bond donors (Lipinski definition) is 1. The summed E-state index contributed by atoms with van der Waals surface area (Å²) in [5, 5.41) is 7.47. The number of nitrogens with one attached hydrogen (secondary N) is 1. The Bertz CT molecular complexity index is 619. The van der Waals surface area contributed by atoms with E-state index < -0.39 is 0 Å². The predicted octanol–water partition coefficient (Wildman–Crippen LogP) is 2.55.